The Bertz CT molecular complexity index is 1100. The van der Waals surface area contributed by atoms with Gasteiger partial charge in [-0.15, -0.1) is 0 Å². The van der Waals surface area contributed by atoms with Gasteiger partial charge >= 0.3 is 0 Å². The molecule has 0 saturated carbocycles. The molecule has 0 aliphatic heterocycles. The maximum Gasteiger partial charge on any atom is 0.274 e. The number of pyridine rings is 1. The monoisotopic (exact) mass is 559 g/mol. The van der Waals surface area contributed by atoms with Crippen LogP contribution in [0, 0.1) is 0 Å². The number of hydrogen-bond donors (Lipinski definition) is 2. The van der Waals surface area contributed by atoms with Gasteiger partial charge in [-0.2, -0.15) is 5.10 Å². The molecule has 0 atom stereocenters. The van der Waals surface area contributed by atoms with E-state index in [1.807, 2.05) is 0 Å². The van der Waals surface area contributed by atoms with Gasteiger partial charge in [-0.05, 0) is 47.1 Å². The molecule has 0 bridgehead atoms. The van der Waals surface area contributed by atoms with E-state index in [2.05, 4.69) is 52.6 Å². The maximum atomic E-state index is 13.0. The first-order chi connectivity index (χ1) is 13.8. The molecule has 0 spiro atoms. The highest BCUT2D eigenvalue weighted by atomic mass is 79.9. The first-order valence-electron chi connectivity index (χ1n) is 8.26. The molecule has 0 saturated heterocycles. The lowest BCUT2D eigenvalue weighted by Crippen LogP contribution is -2.25. The number of rotatable bonds is 5. The van der Waals surface area contributed by atoms with Crippen LogP contribution in [-0.4, -0.2) is 33.1 Å². The fourth-order valence-corrected chi connectivity index (χ4v) is 4.23. The Labute approximate surface area is 193 Å². The van der Waals surface area contributed by atoms with Crippen molar-refractivity contribution in [2.24, 2.45) is 0 Å². The number of carbonyl (C=O) groups excluding carboxylic acids is 2. The summed E-state index contributed by atoms with van der Waals surface area (Å²) in [6, 6.07) is 8.01. The highest BCUT2D eigenvalue weighted by molar-refractivity contribution is 9.11. The van der Waals surface area contributed by atoms with E-state index in [-0.39, 0.29) is 28.1 Å². The van der Waals surface area contributed by atoms with E-state index in [0.29, 0.717) is 26.2 Å². The molecule has 0 aliphatic carbocycles. The highest BCUT2D eigenvalue weighted by Gasteiger charge is 2.22. The third-order valence-electron chi connectivity index (χ3n) is 3.73. The number of aromatic nitrogens is 3. The molecule has 2 amide bonds. The second-order valence-corrected chi connectivity index (χ2v) is 8.26. The van der Waals surface area contributed by atoms with Crippen molar-refractivity contribution in [3.8, 4) is 5.82 Å². The summed E-state index contributed by atoms with van der Waals surface area (Å²) in [5.41, 5.74) is 0.696. The molecular weight excluding hydrogens is 549 g/mol. The van der Waals surface area contributed by atoms with Crippen LogP contribution in [0.2, 0.25) is 10.2 Å². The van der Waals surface area contributed by atoms with Crippen molar-refractivity contribution in [2.75, 3.05) is 11.9 Å². The van der Waals surface area contributed by atoms with Crippen molar-refractivity contribution in [1.82, 2.24) is 20.1 Å². The van der Waals surface area contributed by atoms with Crippen LogP contribution < -0.4 is 10.6 Å². The maximum absolute atomic E-state index is 13.0. The van der Waals surface area contributed by atoms with Crippen LogP contribution in [0.3, 0.4) is 0 Å². The number of nitrogens with zero attached hydrogens (tertiary/aromatic N) is 3. The molecule has 11 heteroatoms. The van der Waals surface area contributed by atoms with Crippen LogP contribution in [0.1, 0.15) is 27.8 Å². The predicted octanol–water partition coefficient (Wildman–Crippen LogP) is 5.10. The van der Waals surface area contributed by atoms with Gasteiger partial charge in [0.15, 0.2) is 11.0 Å². The van der Waals surface area contributed by atoms with Gasteiger partial charge in [-0.25, -0.2) is 9.67 Å². The van der Waals surface area contributed by atoms with E-state index in [1.54, 1.807) is 31.2 Å². The first kappa shape index (κ1) is 21.8. The van der Waals surface area contributed by atoms with Gasteiger partial charge in [-0.3, -0.25) is 9.59 Å². The topological polar surface area (TPSA) is 88.9 Å². The number of halogens is 4. The Morgan fingerprint density at radius 1 is 1.17 bits per heavy atom. The average molecular weight is 562 g/mol. The molecular formula is C18H13Br2Cl2N5O2. The molecule has 2 heterocycles. The van der Waals surface area contributed by atoms with Gasteiger partial charge in [0.05, 0.1) is 16.3 Å². The van der Waals surface area contributed by atoms with Crippen LogP contribution in [0.4, 0.5) is 5.69 Å². The van der Waals surface area contributed by atoms with Crippen LogP contribution >= 0.6 is 55.1 Å². The van der Waals surface area contributed by atoms with Crippen molar-refractivity contribution in [2.45, 2.75) is 6.92 Å². The summed E-state index contributed by atoms with van der Waals surface area (Å²) in [6.45, 7) is 2.25. The molecule has 29 heavy (non-hydrogen) atoms. The molecule has 0 aliphatic rings. The van der Waals surface area contributed by atoms with Gasteiger partial charge in [0.25, 0.3) is 11.8 Å². The zero-order valence-electron chi connectivity index (χ0n) is 14.8. The first-order valence-corrected chi connectivity index (χ1v) is 10.6. The molecule has 1 aromatic carbocycles. The molecule has 3 rings (SSSR count). The summed E-state index contributed by atoms with van der Waals surface area (Å²) in [7, 11) is 0. The largest absolute Gasteiger partial charge is 0.352 e. The van der Waals surface area contributed by atoms with E-state index in [4.69, 9.17) is 23.2 Å². The van der Waals surface area contributed by atoms with Crippen molar-refractivity contribution in [3.63, 3.8) is 0 Å². The third kappa shape index (κ3) is 4.80. The van der Waals surface area contributed by atoms with E-state index in [9.17, 15) is 9.59 Å². The van der Waals surface area contributed by atoms with Gasteiger partial charge in [0.2, 0.25) is 0 Å². The van der Waals surface area contributed by atoms with Gasteiger partial charge in [-0.1, -0.05) is 39.1 Å². The summed E-state index contributed by atoms with van der Waals surface area (Å²) in [5, 5.41) is 9.96. The second-order valence-electron chi connectivity index (χ2n) is 5.70. The van der Waals surface area contributed by atoms with Crippen LogP contribution in [0.15, 0.2) is 45.5 Å². The van der Waals surface area contributed by atoms with Crippen LogP contribution in [-0.2, 0) is 0 Å². The summed E-state index contributed by atoms with van der Waals surface area (Å²) in [5.74, 6) is -0.617. The van der Waals surface area contributed by atoms with Gasteiger partial charge < -0.3 is 10.6 Å². The predicted molar refractivity (Wildman–Crippen MR) is 119 cm³/mol. The van der Waals surface area contributed by atoms with Crippen molar-refractivity contribution >= 4 is 72.6 Å². The Morgan fingerprint density at radius 2 is 1.93 bits per heavy atom. The fourth-order valence-electron chi connectivity index (χ4n) is 2.52. The molecule has 7 nitrogen and oxygen atoms in total. The Kier molecular flexibility index (Phi) is 6.94. The molecule has 0 fully saturated rings. The number of nitrogens with one attached hydrogen (secondary N) is 2. The molecule has 3 aromatic rings. The second kappa shape index (κ2) is 9.25. The summed E-state index contributed by atoms with van der Waals surface area (Å²) in [4.78, 5) is 29.7. The van der Waals surface area contributed by atoms with Crippen molar-refractivity contribution in [1.29, 1.82) is 0 Å². The van der Waals surface area contributed by atoms with Crippen molar-refractivity contribution in [3.05, 3.63) is 66.9 Å². The van der Waals surface area contributed by atoms with E-state index < -0.39 is 5.91 Å². The standard InChI is InChI=1S/C18H13Br2Cl2N5O2/c1-2-23-17(28)10-6-9(19)7-11(20)15(10)25-18(29)13-8-14(22)26-27(13)16-12(21)4-3-5-24-16/h3-8H,2H2,1H3,(H,23,28)(H,25,29). The number of anilines is 1. The lowest BCUT2D eigenvalue weighted by molar-refractivity contribution is 0.0956. The third-order valence-corrected chi connectivity index (χ3v) is 5.29. The van der Waals surface area contributed by atoms with Gasteiger partial charge in [0, 0.05) is 27.8 Å². The van der Waals surface area contributed by atoms with E-state index in [1.165, 1.54) is 16.9 Å². The minimum absolute atomic E-state index is 0.0932. The Hall–Kier alpha value is -1.94. The lowest BCUT2D eigenvalue weighted by atomic mass is 10.1. The normalized spacial score (nSPS) is 10.7. The smallest absolute Gasteiger partial charge is 0.274 e. The summed E-state index contributed by atoms with van der Waals surface area (Å²) >= 11 is 19.0. The van der Waals surface area contributed by atoms with Crippen molar-refractivity contribution < 1.29 is 9.59 Å². The number of carbonyl (C=O) groups is 2. The minimum Gasteiger partial charge on any atom is -0.352 e. The zero-order valence-corrected chi connectivity index (χ0v) is 19.5. The zero-order chi connectivity index (χ0) is 21.1. The summed E-state index contributed by atoms with van der Waals surface area (Å²) < 4.78 is 2.45. The Balaban J connectivity index is 2.03. The number of amides is 2. The Morgan fingerprint density at radius 3 is 2.62 bits per heavy atom. The quantitative estimate of drug-likeness (QED) is 0.453. The molecule has 0 unspecified atom stereocenters. The van der Waals surface area contributed by atoms with Crippen LogP contribution in [0.5, 0.6) is 0 Å². The van der Waals surface area contributed by atoms with E-state index in [0.717, 1.165) is 0 Å². The highest BCUT2D eigenvalue weighted by Crippen LogP contribution is 2.32. The molecule has 0 radical (unpaired) electrons. The van der Waals surface area contributed by atoms with E-state index >= 15 is 0 Å². The minimum atomic E-state index is -0.542. The SMILES string of the molecule is CCNC(=O)c1cc(Br)cc(Br)c1NC(=O)c1cc(Cl)nn1-c1ncccc1Cl. The van der Waals surface area contributed by atoms with Gasteiger partial charge in [0.1, 0.15) is 5.69 Å². The summed E-state index contributed by atoms with van der Waals surface area (Å²) in [6.07, 6.45) is 1.52. The molecule has 2 N–H and O–H groups in total. The molecule has 150 valence electrons. The number of hydrogen-bond acceptors (Lipinski definition) is 4. The number of benzene rings is 1. The molecule has 2 aromatic heterocycles. The van der Waals surface area contributed by atoms with Crippen LogP contribution in [0.25, 0.3) is 5.82 Å². The fraction of sp³-hybridized carbons (Fsp3) is 0.111. The average Bonchev–Trinajstić information content (AvgIpc) is 3.05. The lowest BCUT2D eigenvalue weighted by Gasteiger charge is -2.14.